The van der Waals surface area contributed by atoms with E-state index < -0.39 is 22.9 Å². The molecular weight excluding hydrogens is 257 g/mol. The van der Waals surface area contributed by atoms with E-state index in [9.17, 15) is 18.0 Å². The first-order chi connectivity index (χ1) is 9.04. The van der Waals surface area contributed by atoms with Crippen LogP contribution in [0.4, 0.5) is 13.2 Å². The Balaban J connectivity index is 2.54. The van der Waals surface area contributed by atoms with Crippen molar-refractivity contribution in [2.45, 2.75) is 18.9 Å². The molecule has 1 aromatic carbocycles. The fourth-order valence-corrected chi connectivity index (χ4v) is 2.14. The van der Waals surface area contributed by atoms with Crippen molar-refractivity contribution in [2.24, 2.45) is 0 Å². The van der Waals surface area contributed by atoms with Gasteiger partial charge in [-0.1, -0.05) is 0 Å². The second kappa shape index (κ2) is 3.85. The molecule has 19 heavy (non-hydrogen) atoms. The Bertz CT molecular complexity index is 800. The lowest BCUT2D eigenvalue weighted by molar-refractivity contribution is 0.450. The highest BCUT2D eigenvalue weighted by molar-refractivity contribution is 5.81. The number of pyridine rings is 1. The molecule has 1 aromatic heterocycles. The highest BCUT2D eigenvalue weighted by atomic mass is 19.2. The zero-order valence-corrected chi connectivity index (χ0v) is 9.58. The third-order valence-corrected chi connectivity index (χ3v) is 3.21. The summed E-state index contributed by atoms with van der Waals surface area (Å²) in [4.78, 5) is 11.9. The van der Waals surface area contributed by atoms with Crippen LogP contribution in [0.3, 0.4) is 0 Å². The Morgan fingerprint density at radius 3 is 2.53 bits per heavy atom. The van der Waals surface area contributed by atoms with Gasteiger partial charge in [-0.25, -0.2) is 13.2 Å². The molecule has 0 aliphatic heterocycles. The maximum Gasteiger partial charge on any atom is 0.207 e. The minimum atomic E-state index is -1.61. The summed E-state index contributed by atoms with van der Waals surface area (Å²) in [5, 5.41) is 8.57. The highest BCUT2D eigenvalue weighted by Crippen LogP contribution is 2.37. The van der Waals surface area contributed by atoms with Crippen LogP contribution in [-0.4, -0.2) is 4.57 Å². The molecule has 1 heterocycles. The van der Waals surface area contributed by atoms with Gasteiger partial charge in [0, 0.05) is 12.2 Å². The SMILES string of the molecule is N#Cc1cn(C2CC2)c2c(F)c(F)c(F)cc2c1=O. The van der Waals surface area contributed by atoms with Crippen LogP contribution in [0.1, 0.15) is 24.4 Å². The summed E-state index contributed by atoms with van der Waals surface area (Å²) in [5.41, 5.74) is -1.26. The molecule has 2 aromatic rings. The number of nitrogens with zero attached hydrogens (tertiary/aromatic N) is 2. The molecule has 0 radical (unpaired) electrons. The molecule has 0 spiro atoms. The number of halogens is 3. The minimum Gasteiger partial charge on any atom is -0.340 e. The second-order valence-corrected chi connectivity index (χ2v) is 4.50. The van der Waals surface area contributed by atoms with Crippen LogP contribution in [0, 0.1) is 28.8 Å². The predicted molar refractivity (Wildman–Crippen MR) is 61.1 cm³/mol. The van der Waals surface area contributed by atoms with Gasteiger partial charge in [0.1, 0.15) is 11.6 Å². The smallest absolute Gasteiger partial charge is 0.207 e. The van der Waals surface area contributed by atoms with E-state index in [2.05, 4.69) is 0 Å². The fourth-order valence-electron chi connectivity index (χ4n) is 2.14. The van der Waals surface area contributed by atoms with Crippen molar-refractivity contribution in [3.8, 4) is 6.07 Å². The van der Waals surface area contributed by atoms with Crippen LogP contribution in [-0.2, 0) is 0 Å². The number of rotatable bonds is 1. The average Bonchev–Trinajstić information content (AvgIpc) is 3.21. The molecule has 1 saturated carbocycles. The van der Waals surface area contributed by atoms with Crippen molar-refractivity contribution >= 4 is 10.9 Å². The van der Waals surface area contributed by atoms with Crippen molar-refractivity contribution in [3.05, 3.63) is 45.5 Å². The number of fused-ring (bicyclic) bond motifs is 1. The summed E-state index contributed by atoms with van der Waals surface area (Å²) in [6, 6.07) is 2.27. The standard InChI is InChI=1S/C13H7F3N2O/c14-9-3-8-12(11(16)10(9)15)18(7-1-2-7)5-6(4-17)13(8)19/h3,5,7H,1-2H2. The molecule has 3 rings (SSSR count). The quantitative estimate of drug-likeness (QED) is 0.743. The summed E-state index contributed by atoms with van der Waals surface area (Å²) in [6.45, 7) is 0. The summed E-state index contributed by atoms with van der Waals surface area (Å²) < 4.78 is 41.8. The van der Waals surface area contributed by atoms with E-state index in [0.29, 0.717) is 6.07 Å². The van der Waals surface area contributed by atoms with Gasteiger partial charge in [-0.05, 0) is 18.9 Å². The predicted octanol–water partition coefficient (Wildman–Crippen LogP) is 2.63. The number of nitriles is 1. The van der Waals surface area contributed by atoms with E-state index >= 15 is 0 Å². The fraction of sp³-hybridized carbons (Fsp3) is 0.231. The lowest BCUT2D eigenvalue weighted by Gasteiger charge is -2.11. The van der Waals surface area contributed by atoms with Gasteiger partial charge in [-0.15, -0.1) is 0 Å². The monoisotopic (exact) mass is 264 g/mol. The highest BCUT2D eigenvalue weighted by Gasteiger charge is 2.28. The number of hydrogen-bond acceptors (Lipinski definition) is 2. The first-order valence-corrected chi connectivity index (χ1v) is 5.67. The van der Waals surface area contributed by atoms with Gasteiger partial charge in [-0.2, -0.15) is 5.26 Å². The van der Waals surface area contributed by atoms with Crippen molar-refractivity contribution in [3.63, 3.8) is 0 Å². The molecule has 0 N–H and O–H groups in total. The first kappa shape index (κ1) is 11.8. The summed E-state index contributed by atoms with van der Waals surface area (Å²) in [7, 11) is 0. The van der Waals surface area contributed by atoms with Crippen molar-refractivity contribution < 1.29 is 13.2 Å². The maximum atomic E-state index is 13.9. The summed E-state index contributed by atoms with van der Waals surface area (Å²) in [6.07, 6.45) is 2.71. The Labute approximate surface area is 105 Å². The van der Waals surface area contributed by atoms with E-state index in [-0.39, 0.29) is 22.5 Å². The van der Waals surface area contributed by atoms with Gasteiger partial charge in [0.25, 0.3) is 0 Å². The Kier molecular flexibility index (Phi) is 2.39. The van der Waals surface area contributed by atoms with E-state index in [1.807, 2.05) is 0 Å². The summed E-state index contributed by atoms with van der Waals surface area (Å²) in [5.74, 6) is -4.42. The lowest BCUT2D eigenvalue weighted by atomic mass is 10.1. The molecule has 1 aliphatic carbocycles. The molecule has 96 valence electrons. The first-order valence-electron chi connectivity index (χ1n) is 5.67. The Morgan fingerprint density at radius 2 is 1.95 bits per heavy atom. The maximum absolute atomic E-state index is 13.9. The summed E-state index contributed by atoms with van der Waals surface area (Å²) >= 11 is 0. The Hall–Kier alpha value is -2.29. The van der Waals surface area contributed by atoms with Crippen LogP contribution in [0.15, 0.2) is 17.1 Å². The molecule has 0 saturated heterocycles. The number of benzene rings is 1. The third-order valence-electron chi connectivity index (χ3n) is 3.21. The van der Waals surface area contributed by atoms with Gasteiger partial charge in [-0.3, -0.25) is 4.79 Å². The van der Waals surface area contributed by atoms with E-state index in [0.717, 1.165) is 12.8 Å². The van der Waals surface area contributed by atoms with Crippen molar-refractivity contribution in [1.82, 2.24) is 4.57 Å². The van der Waals surface area contributed by atoms with Gasteiger partial charge < -0.3 is 4.57 Å². The molecule has 6 heteroatoms. The van der Waals surface area contributed by atoms with E-state index in [1.165, 1.54) is 10.8 Å². The molecule has 0 amide bonds. The van der Waals surface area contributed by atoms with Crippen LogP contribution >= 0.6 is 0 Å². The number of aromatic nitrogens is 1. The van der Waals surface area contributed by atoms with Crippen molar-refractivity contribution in [1.29, 1.82) is 5.26 Å². The van der Waals surface area contributed by atoms with Crippen LogP contribution in [0.25, 0.3) is 10.9 Å². The topological polar surface area (TPSA) is 45.8 Å². The van der Waals surface area contributed by atoms with Crippen LogP contribution < -0.4 is 5.43 Å². The minimum absolute atomic E-state index is 0.0745. The average molecular weight is 264 g/mol. The van der Waals surface area contributed by atoms with Crippen LogP contribution in [0.2, 0.25) is 0 Å². The molecular formula is C13H7F3N2O. The van der Waals surface area contributed by atoms with Gasteiger partial charge in [0.2, 0.25) is 5.43 Å². The van der Waals surface area contributed by atoms with Gasteiger partial charge in [0.05, 0.1) is 10.9 Å². The molecule has 0 unspecified atom stereocenters. The molecule has 1 aliphatic rings. The van der Waals surface area contributed by atoms with E-state index in [4.69, 9.17) is 5.26 Å². The van der Waals surface area contributed by atoms with Gasteiger partial charge >= 0.3 is 0 Å². The number of hydrogen-bond donors (Lipinski definition) is 0. The van der Waals surface area contributed by atoms with Crippen LogP contribution in [0.5, 0.6) is 0 Å². The molecule has 0 bridgehead atoms. The third kappa shape index (κ3) is 1.62. The second-order valence-electron chi connectivity index (χ2n) is 4.50. The Morgan fingerprint density at radius 1 is 1.26 bits per heavy atom. The van der Waals surface area contributed by atoms with Crippen molar-refractivity contribution in [2.75, 3.05) is 0 Å². The van der Waals surface area contributed by atoms with Gasteiger partial charge in [0.15, 0.2) is 17.5 Å². The normalized spacial score (nSPS) is 14.6. The molecule has 1 fully saturated rings. The largest absolute Gasteiger partial charge is 0.340 e. The lowest BCUT2D eigenvalue weighted by Crippen LogP contribution is -2.15. The zero-order valence-electron chi connectivity index (χ0n) is 9.58. The molecule has 0 atom stereocenters. The zero-order chi connectivity index (χ0) is 13.7. The molecule has 3 nitrogen and oxygen atoms in total. The van der Waals surface area contributed by atoms with E-state index in [1.54, 1.807) is 6.07 Å².